The molecule has 0 bridgehead atoms. The van der Waals surface area contributed by atoms with Crippen LogP contribution >= 0.6 is 11.6 Å². The second-order valence-corrected chi connectivity index (χ2v) is 12.0. The Morgan fingerprint density at radius 2 is 1.64 bits per heavy atom. The number of ether oxygens (including phenoxy) is 2. The predicted octanol–water partition coefficient (Wildman–Crippen LogP) is 5.27. The van der Waals surface area contributed by atoms with Crippen LogP contribution in [0.15, 0.2) is 77.7 Å². The van der Waals surface area contributed by atoms with E-state index in [-0.39, 0.29) is 34.1 Å². The van der Waals surface area contributed by atoms with Crippen LogP contribution in [-0.4, -0.2) is 58.0 Å². The highest BCUT2D eigenvalue weighted by Crippen LogP contribution is 2.32. The molecule has 3 aromatic rings. The first-order valence-electron chi connectivity index (χ1n) is 13.7. The van der Waals surface area contributed by atoms with Crippen LogP contribution < -0.4 is 19.1 Å². The maximum absolute atomic E-state index is 14.2. The van der Waals surface area contributed by atoms with E-state index in [4.69, 9.17) is 21.1 Å². The van der Waals surface area contributed by atoms with Gasteiger partial charge < -0.3 is 19.7 Å². The number of hydrogen-bond acceptors (Lipinski definition) is 6. The van der Waals surface area contributed by atoms with Crippen molar-refractivity contribution in [2.24, 2.45) is 0 Å². The first-order valence-corrected chi connectivity index (χ1v) is 15.5. The van der Waals surface area contributed by atoms with Gasteiger partial charge in [0, 0.05) is 12.6 Å². The Hall–Kier alpha value is -3.76. The number of nitrogens with zero attached hydrogens (tertiary/aromatic N) is 2. The van der Waals surface area contributed by atoms with Crippen molar-refractivity contribution in [3.05, 3.63) is 83.4 Å². The standard InChI is InChI=1S/C31H38ClN3O6S/c1-6-22(3)33-31(37)28(7-2)34(20-23-12-11-13-25(18-23)40-4)30(36)21-35(24-16-17-29(41-5)27(32)19-24)42(38,39)26-14-9-8-10-15-26/h8-19,22,28H,6-7,20-21H2,1-5H3,(H,33,37)/t22-,28-/m0/s1. The van der Waals surface area contributed by atoms with E-state index in [0.717, 1.165) is 9.87 Å². The fourth-order valence-corrected chi connectivity index (χ4v) is 6.07. The van der Waals surface area contributed by atoms with Crippen LogP contribution in [0.4, 0.5) is 5.69 Å². The molecule has 11 heteroatoms. The van der Waals surface area contributed by atoms with Crippen molar-refractivity contribution in [3.63, 3.8) is 0 Å². The zero-order valence-electron chi connectivity index (χ0n) is 24.5. The number of benzene rings is 3. The molecule has 2 amide bonds. The molecule has 0 aliphatic carbocycles. The Morgan fingerprint density at radius 1 is 0.929 bits per heavy atom. The summed E-state index contributed by atoms with van der Waals surface area (Å²) in [4.78, 5) is 29.0. The molecule has 1 N–H and O–H groups in total. The maximum atomic E-state index is 14.2. The van der Waals surface area contributed by atoms with E-state index in [1.807, 2.05) is 26.8 Å². The molecule has 42 heavy (non-hydrogen) atoms. The lowest BCUT2D eigenvalue weighted by Crippen LogP contribution is -2.53. The first-order chi connectivity index (χ1) is 20.0. The number of anilines is 1. The Labute approximate surface area is 253 Å². The van der Waals surface area contributed by atoms with Crippen LogP contribution in [0.2, 0.25) is 5.02 Å². The molecule has 2 atom stereocenters. The van der Waals surface area contributed by atoms with Crippen molar-refractivity contribution in [3.8, 4) is 11.5 Å². The molecule has 3 rings (SSSR count). The van der Waals surface area contributed by atoms with Crippen LogP contribution in [-0.2, 0) is 26.2 Å². The number of nitrogens with one attached hydrogen (secondary N) is 1. The highest BCUT2D eigenvalue weighted by molar-refractivity contribution is 7.92. The molecule has 0 unspecified atom stereocenters. The topological polar surface area (TPSA) is 105 Å². The Morgan fingerprint density at radius 3 is 2.24 bits per heavy atom. The van der Waals surface area contributed by atoms with E-state index < -0.39 is 28.5 Å². The third-order valence-corrected chi connectivity index (χ3v) is 8.99. The number of halogens is 1. The van der Waals surface area contributed by atoms with Gasteiger partial charge >= 0.3 is 0 Å². The van der Waals surface area contributed by atoms with Gasteiger partial charge in [-0.15, -0.1) is 0 Å². The number of amides is 2. The second kappa shape index (κ2) is 14.9. The van der Waals surface area contributed by atoms with E-state index in [9.17, 15) is 18.0 Å². The summed E-state index contributed by atoms with van der Waals surface area (Å²) in [5, 5.41) is 3.15. The highest BCUT2D eigenvalue weighted by Gasteiger charge is 2.34. The summed E-state index contributed by atoms with van der Waals surface area (Å²) in [6.45, 7) is 5.15. The Kier molecular flexibility index (Phi) is 11.6. The van der Waals surface area contributed by atoms with Gasteiger partial charge in [0.15, 0.2) is 0 Å². The molecule has 0 saturated heterocycles. The largest absolute Gasteiger partial charge is 0.497 e. The molecule has 0 aromatic heterocycles. The summed E-state index contributed by atoms with van der Waals surface area (Å²) in [6, 6.07) is 18.6. The molecular weight excluding hydrogens is 578 g/mol. The zero-order chi connectivity index (χ0) is 30.9. The molecule has 0 fully saturated rings. The molecule has 0 radical (unpaired) electrons. The lowest BCUT2D eigenvalue weighted by molar-refractivity contribution is -0.140. The van der Waals surface area contributed by atoms with Crippen molar-refractivity contribution in [1.82, 2.24) is 10.2 Å². The monoisotopic (exact) mass is 615 g/mol. The van der Waals surface area contributed by atoms with Gasteiger partial charge in [-0.2, -0.15) is 0 Å². The summed E-state index contributed by atoms with van der Waals surface area (Å²) < 4.78 is 39.5. The van der Waals surface area contributed by atoms with Crippen LogP contribution in [0, 0.1) is 0 Å². The minimum Gasteiger partial charge on any atom is -0.497 e. The van der Waals surface area contributed by atoms with Gasteiger partial charge in [-0.25, -0.2) is 8.42 Å². The molecule has 0 aliphatic rings. The third kappa shape index (κ3) is 7.95. The summed E-state index contributed by atoms with van der Waals surface area (Å²) >= 11 is 6.37. The van der Waals surface area contributed by atoms with Gasteiger partial charge in [0.25, 0.3) is 10.0 Å². The SMILES string of the molecule is CC[C@H](C)NC(=O)[C@H](CC)N(Cc1cccc(OC)c1)C(=O)CN(c1ccc(OC)c(Cl)c1)S(=O)(=O)c1ccccc1. The van der Waals surface area contributed by atoms with Gasteiger partial charge in [-0.3, -0.25) is 13.9 Å². The summed E-state index contributed by atoms with van der Waals surface area (Å²) in [7, 11) is -1.21. The van der Waals surface area contributed by atoms with Crippen molar-refractivity contribution in [2.45, 2.75) is 57.1 Å². The summed E-state index contributed by atoms with van der Waals surface area (Å²) in [6.07, 6.45) is 1.03. The average Bonchev–Trinajstić information content (AvgIpc) is 2.99. The molecule has 0 aliphatic heterocycles. The van der Waals surface area contributed by atoms with Crippen LogP contribution in [0.5, 0.6) is 11.5 Å². The quantitative estimate of drug-likeness (QED) is 0.265. The van der Waals surface area contributed by atoms with Gasteiger partial charge in [0.1, 0.15) is 24.1 Å². The normalized spacial score (nSPS) is 12.6. The van der Waals surface area contributed by atoms with Crippen molar-refractivity contribution >= 4 is 39.1 Å². The van der Waals surface area contributed by atoms with Gasteiger partial charge in [-0.05, 0) is 67.8 Å². The lowest BCUT2D eigenvalue weighted by atomic mass is 10.1. The minimum absolute atomic E-state index is 0.00522. The molecule has 0 heterocycles. The van der Waals surface area contributed by atoms with E-state index in [1.165, 1.54) is 42.3 Å². The lowest BCUT2D eigenvalue weighted by Gasteiger charge is -2.34. The Balaban J connectivity index is 2.09. The van der Waals surface area contributed by atoms with E-state index in [2.05, 4.69) is 5.32 Å². The third-order valence-electron chi connectivity index (χ3n) is 6.91. The number of carbonyl (C=O) groups excluding carboxylic acids is 2. The fraction of sp³-hybridized carbons (Fsp3) is 0.355. The van der Waals surface area contributed by atoms with Gasteiger partial charge in [0.05, 0.1) is 29.8 Å². The summed E-state index contributed by atoms with van der Waals surface area (Å²) in [5.41, 5.74) is 0.902. The first kappa shape index (κ1) is 32.8. The number of hydrogen-bond donors (Lipinski definition) is 1. The second-order valence-electron chi connectivity index (χ2n) is 9.76. The van der Waals surface area contributed by atoms with Gasteiger partial charge in [-0.1, -0.05) is 55.8 Å². The summed E-state index contributed by atoms with van der Waals surface area (Å²) in [5.74, 6) is 0.0813. The molecular formula is C31H38ClN3O6S. The highest BCUT2D eigenvalue weighted by atomic mass is 35.5. The smallest absolute Gasteiger partial charge is 0.264 e. The number of methoxy groups -OCH3 is 2. The number of rotatable bonds is 14. The van der Waals surface area contributed by atoms with Crippen LogP contribution in [0.1, 0.15) is 39.2 Å². The minimum atomic E-state index is -4.21. The van der Waals surface area contributed by atoms with Crippen molar-refractivity contribution < 1.29 is 27.5 Å². The molecule has 0 saturated carbocycles. The van der Waals surface area contributed by atoms with Crippen LogP contribution in [0.3, 0.4) is 0 Å². The predicted molar refractivity (Wildman–Crippen MR) is 164 cm³/mol. The molecule has 0 spiro atoms. The van der Waals surface area contributed by atoms with Crippen LogP contribution in [0.25, 0.3) is 0 Å². The van der Waals surface area contributed by atoms with E-state index in [0.29, 0.717) is 24.3 Å². The van der Waals surface area contributed by atoms with E-state index >= 15 is 0 Å². The maximum Gasteiger partial charge on any atom is 0.264 e. The molecule has 3 aromatic carbocycles. The molecule has 9 nitrogen and oxygen atoms in total. The zero-order valence-corrected chi connectivity index (χ0v) is 26.1. The molecule has 226 valence electrons. The van der Waals surface area contributed by atoms with E-state index in [1.54, 1.807) is 43.5 Å². The van der Waals surface area contributed by atoms with Crippen molar-refractivity contribution in [2.75, 3.05) is 25.1 Å². The van der Waals surface area contributed by atoms with Gasteiger partial charge in [0.2, 0.25) is 11.8 Å². The number of carbonyl (C=O) groups is 2. The fourth-order valence-electron chi connectivity index (χ4n) is 4.39. The Bertz CT molecular complexity index is 1470. The number of sulfonamides is 1. The average molecular weight is 616 g/mol. The van der Waals surface area contributed by atoms with Crippen molar-refractivity contribution in [1.29, 1.82) is 0 Å².